The Morgan fingerprint density at radius 3 is 2.23 bits per heavy atom. The number of rotatable bonds is 4. The molecule has 0 aliphatic carbocycles. The minimum atomic E-state index is -3.71. The number of nitrogens with one attached hydrogen (secondary N) is 1. The molecule has 0 bridgehead atoms. The molecule has 116 valence electrons. The lowest BCUT2D eigenvalue weighted by Gasteiger charge is -2.09. The zero-order valence-electron chi connectivity index (χ0n) is 11.6. The summed E-state index contributed by atoms with van der Waals surface area (Å²) in [4.78, 5) is 12.0. The maximum absolute atomic E-state index is 12.2. The van der Waals surface area contributed by atoms with Crippen molar-refractivity contribution < 1.29 is 13.2 Å². The molecule has 2 rings (SSSR count). The minimum Gasteiger partial charge on any atom is -0.325 e. The van der Waals surface area contributed by atoms with Crippen molar-refractivity contribution in [2.45, 2.75) is 11.8 Å². The van der Waals surface area contributed by atoms with Gasteiger partial charge < -0.3 is 5.32 Å². The van der Waals surface area contributed by atoms with E-state index in [1.54, 1.807) is 25.1 Å². The Morgan fingerprint density at radius 1 is 1.05 bits per heavy atom. The Balaban J connectivity index is 2.12. The van der Waals surface area contributed by atoms with Gasteiger partial charge in [-0.1, -0.05) is 23.2 Å². The van der Waals surface area contributed by atoms with Gasteiger partial charge in [-0.25, -0.2) is 8.42 Å². The van der Waals surface area contributed by atoms with E-state index < -0.39 is 21.5 Å². The van der Waals surface area contributed by atoms with Gasteiger partial charge >= 0.3 is 0 Å². The second-order valence-electron chi connectivity index (χ2n) is 4.72. The quantitative estimate of drug-likeness (QED) is 0.906. The van der Waals surface area contributed by atoms with E-state index in [1.807, 2.05) is 0 Å². The summed E-state index contributed by atoms with van der Waals surface area (Å²) in [6, 6.07) is 10.6. The number of sulfone groups is 1. The second-order valence-corrected chi connectivity index (χ2v) is 7.58. The Hall–Kier alpha value is -1.56. The van der Waals surface area contributed by atoms with E-state index in [9.17, 15) is 13.2 Å². The van der Waals surface area contributed by atoms with Crippen LogP contribution in [-0.4, -0.2) is 20.1 Å². The molecular formula is C15H13Cl2NO3S. The van der Waals surface area contributed by atoms with Gasteiger partial charge in [-0.05, 0) is 55.0 Å². The molecular weight excluding hydrogens is 345 g/mol. The monoisotopic (exact) mass is 357 g/mol. The molecule has 4 nitrogen and oxygen atoms in total. The maximum atomic E-state index is 12.2. The third-order valence-corrected chi connectivity index (χ3v) is 5.08. The predicted molar refractivity (Wildman–Crippen MR) is 88.3 cm³/mol. The highest BCUT2D eigenvalue weighted by Crippen LogP contribution is 2.20. The van der Waals surface area contributed by atoms with Crippen molar-refractivity contribution in [3.05, 3.63) is 58.1 Å². The topological polar surface area (TPSA) is 63.2 Å². The number of anilines is 1. The lowest BCUT2D eigenvalue weighted by molar-refractivity contribution is -0.113. The van der Waals surface area contributed by atoms with Crippen molar-refractivity contribution in [3.63, 3.8) is 0 Å². The van der Waals surface area contributed by atoms with Gasteiger partial charge in [0.05, 0.1) is 4.90 Å². The number of benzene rings is 2. The van der Waals surface area contributed by atoms with Gasteiger partial charge in [0, 0.05) is 15.7 Å². The molecule has 0 spiro atoms. The predicted octanol–water partition coefficient (Wildman–Crippen LogP) is 3.71. The summed E-state index contributed by atoms with van der Waals surface area (Å²) in [5, 5.41) is 3.55. The summed E-state index contributed by atoms with van der Waals surface area (Å²) >= 11 is 11.6. The molecule has 0 heterocycles. The van der Waals surface area contributed by atoms with Gasteiger partial charge in [0.2, 0.25) is 5.91 Å². The average molecular weight is 358 g/mol. The zero-order chi connectivity index (χ0) is 16.3. The highest BCUT2D eigenvalue weighted by atomic mass is 35.5. The smallest absolute Gasteiger partial charge is 0.239 e. The second kappa shape index (κ2) is 6.69. The van der Waals surface area contributed by atoms with E-state index in [4.69, 9.17) is 23.2 Å². The largest absolute Gasteiger partial charge is 0.325 e. The molecule has 22 heavy (non-hydrogen) atoms. The summed E-state index contributed by atoms with van der Waals surface area (Å²) in [7, 11) is -3.71. The molecule has 0 fully saturated rings. The average Bonchev–Trinajstić information content (AvgIpc) is 2.42. The molecule has 7 heteroatoms. The summed E-state index contributed by atoms with van der Waals surface area (Å²) < 4.78 is 24.3. The lowest BCUT2D eigenvalue weighted by Crippen LogP contribution is -2.23. The van der Waals surface area contributed by atoms with Crippen LogP contribution in [0.25, 0.3) is 0 Å². The number of hydrogen-bond acceptors (Lipinski definition) is 3. The Labute approximate surface area is 139 Å². The molecule has 0 unspecified atom stereocenters. The Bertz CT molecular complexity index is 802. The Morgan fingerprint density at radius 2 is 1.64 bits per heavy atom. The molecule has 0 saturated carbocycles. The summed E-state index contributed by atoms with van der Waals surface area (Å²) in [5.74, 6) is -1.25. The number of carbonyl (C=O) groups excluding carboxylic acids is 1. The first-order valence-corrected chi connectivity index (χ1v) is 8.73. The van der Waals surface area contributed by atoms with Crippen LogP contribution in [0.5, 0.6) is 0 Å². The number of hydrogen-bond donors (Lipinski definition) is 1. The van der Waals surface area contributed by atoms with Crippen LogP contribution in [0.4, 0.5) is 5.69 Å². The third kappa shape index (κ3) is 4.22. The number of halogens is 2. The van der Waals surface area contributed by atoms with E-state index in [0.717, 1.165) is 5.56 Å². The van der Waals surface area contributed by atoms with Crippen molar-refractivity contribution in [1.29, 1.82) is 0 Å². The van der Waals surface area contributed by atoms with Crippen molar-refractivity contribution in [2.24, 2.45) is 0 Å². The molecule has 1 N–H and O–H groups in total. The highest BCUT2D eigenvalue weighted by Gasteiger charge is 2.19. The molecule has 2 aromatic rings. The van der Waals surface area contributed by atoms with E-state index in [0.29, 0.717) is 15.7 Å². The highest BCUT2D eigenvalue weighted by molar-refractivity contribution is 7.92. The number of amides is 1. The van der Waals surface area contributed by atoms with E-state index in [1.165, 1.54) is 24.3 Å². The fourth-order valence-electron chi connectivity index (χ4n) is 1.85. The fraction of sp³-hybridized carbons (Fsp3) is 0.133. The minimum absolute atomic E-state index is 0.0554. The van der Waals surface area contributed by atoms with Gasteiger partial charge in [0.15, 0.2) is 9.84 Å². The molecule has 0 radical (unpaired) electrons. The van der Waals surface area contributed by atoms with E-state index in [-0.39, 0.29) is 4.90 Å². The van der Waals surface area contributed by atoms with Gasteiger partial charge in [0.1, 0.15) is 5.75 Å². The van der Waals surface area contributed by atoms with Crippen LogP contribution >= 0.6 is 23.2 Å². The normalized spacial score (nSPS) is 11.2. The number of aryl methyl sites for hydroxylation is 1. The van der Waals surface area contributed by atoms with Crippen LogP contribution in [0, 0.1) is 6.92 Å². The van der Waals surface area contributed by atoms with Crippen LogP contribution in [0.1, 0.15) is 5.56 Å². The van der Waals surface area contributed by atoms with Gasteiger partial charge in [-0.15, -0.1) is 0 Å². The molecule has 0 atom stereocenters. The first-order chi connectivity index (χ1) is 10.3. The molecule has 0 aliphatic rings. The third-order valence-electron chi connectivity index (χ3n) is 2.96. The molecule has 0 aromatic heterocycles. The maximum Gasteiger partial charge on any atom is 0.239 e. The van der Waals surface area contributed by atoms with E-state index in [2.05, 4.69) is 5.32 Å². The van der Waals surface area contributed by atoms with Crippen molar-refractivity contribution >= 4 is 44.6 Å². The molecule has 0 aliphatic heterocycles. The van der Waals surface area contributed by atoms with Crippen molar-refractivity contribution in [2.75, 3.05) is 11.1 Å². The zero-order valence-corrected chi connectivity index (χ0v) is 14.0. The van der Waals surface area contributed by atoms with Crippen LogP contribution in [0.2, 0.25) is 10.0 Å². The molecule has 0 saturated heterocycles. The molecule has 1 amide bonds. The summed E-state index contributed by atoms with van der Waals surface area (Å²) in [6.45, 7) is 1.77. The standard InChI is InChI=1S/C15H13Cl2NO3S/c1-10-8-12(17)4-7-14(10)18-15(19)9-22(20,21)13-5-2-11(16)3-6-13/h2-8H,9H2,1H3,(H,18,19). The van der Waals surface area contributed by atoms with Crippen LogP contribution in [0.3, 0.4) is 0 Å². The molecule has 2 aromatic carbocycles. The first-order valence-electron chi connectivity index (χ1n) is 6.32. The summed E-state index contributed by atoms with van der Waals surface area (Å²) in [6.07, 6.45) is 0. The van der Waals surface area contributed by atoms with Crippen LogP contribution in [0.15, 0.2) is 47.4 Å². The lowest BCUT2D eigenvalue weighted by atomic mass is 10.2. The fourth-order valence-corrected chi connectivity index (χ4v) is 3.34. The summed E-state index contributed by atoms with van der Waals surface area (Å²) in [5.41, 5.74) is 1.28. The Kier molecular flexibility index (Phi) is 5.11. The van der Waals surface area contributed by atoms with Gasteiger partial charge in [0.25, 0.3) is 0 Å². The van der Waals surface area contributed by atoms with Crippen LogP contribution in [-0.2, 0) is 14.6 Å². The van der Waals surface area contributed by atoms with Crippen LogP contribution < -0.4 is 5.32 Å². The van der Waals surface area contributed by atoms with Gasteiger partial charge in [-0.3, -0.25) is 4.79 Å². The van der Waals surface area contributed by atoms with E-state index >= 15 is 0 Å². The van der Waals surface area contributed by atoms with Crippen molar-refractivity contribution in [3.8, 4) is 0 Å². The van der Waals surface area contributed by atoms with Gasteiger partial charge in [-0.2, -0.15) is 0 Å². The SMILES string of the molecule is Cc1cc(Cl)ccc1NC(=O)CS(=O)(=O)c1ccc(Cl)cc1. The van der Waals surface area contributed by atoms with Crippen molar-refractivity contribution in [1.82, 2.24) is 0 Å². The first kappa shape index (κ1) is 16.8. The number of carbonyl (C=O) groups is 1.